The number of hydrogen-bond donors (Lipinski definition) is 2. The number of benzene rings is 1. The zero-order valence-electron chi connectivity index (χ0n) is 19.7. The Balaban J connectivity index is 1.29. The van der Waals surface area contributed by atoms with E-state index < -0.39 is 23.4 Å². The molecule has 0 radical (unpaired) electrons. The van der Waals surface area contributed by atoms with E-state index in [1.807, 2.05) is 36.6 Å². The van der Waals surface area contributed by atoms with E-state index in [1.54, 1.807) is 0 Å². The van der Waals surface area contributed by atoms with Gasteiger partial charge >= 0.3 is 6.03 Å². The quantitative estimate of drug-likeness (QED) is 0.529. The third kappa shape index (κ3) is 4.22. The van der Waals surface area contributed by atoms with Gasteiger partial charge in [0.05, 0.1) is 11.7 Å². The minimum absolute atomic E-state index is 0.0725. The van der Waals surface area contributed by atoms with Gasteiger partial charge in [-0.2, -0.15) is 5.01 Å². The van der Waals surface area contributed by atoms with Crippen molar-refractivity contribution in [1.82, 2.24) is 25.3 Å². The van der Waals surface area contributed by atoms with E-state index in [0.29, 0.717) is 29.0 Å². The molecule has 35 heavy (non-hydrogen) atoms. The average molecular weight is 494 g/mol. The molecule has 5 rings (SSSR count). The Hall–Kier alpha value is -3.53. The fraction of sp³-hybridized carbons (Fsp3) is 0.400. The van der Waals surface area contributed by atoms with E-state index >= 15 is 0 Å². The summed E-state index contributed by atoms with van der Waals surface area (Å²) in [5, 5.41) is 6.00. The molecule has 1 aliphatic carbocycles. The number of amides is 4. The van der Waals surface area contributed by atoms with Crippen LogP contribution in [0, 0.1) is 12.8 Å². The molecule has 2 aromatic heterocycles. The number of hydrazine groups is 1. The van der Waals surface area contributed by atoms with Crippen molar-refractivity contribution >= 4 is 39.4 Å². The van der Waals surface area contributed by atoms with Gasteiger partial charge in [-0.3, -0.25) is 24.4 Å². The molecule has 182 valence electrons. The zero-order chi connectivity index (χ0) is 24.7. The largest absolute Gasteiger partial charge is 0.344 e. The second-order valence-corrected chi connectivity index (χ2v) is 10.4. The van der Waals surface area contributed by atoms with E-state index in [9.17, 15) is 19.2 Å². The van der Waals surface area contributed by atoms with E-state index in [1.165, 1.54) is 22.2 Å². The molecule has 0 bridgehead atoms. The van der Waals surface area contributed by atoms with Gasteiger partial charge in [-0.15, -0.1) is 11.3 Å². The van der Waals surface area contributed by atoms with Gasteiger partial charge in [0.25, 0.3) is 11.5 Å². The summed E-state index contributed by atoms with van der Waals surface area (Å²) in [6, 6.07) is 7.31. The van der Waals surface area contributed by atoms with Crippen LogP contribution in [0.1, 0.15) is 44.6 Å². The van der Waals surface area contributed by atoms with Crippen LogP contribution in [0.25, 0.3) is 21.3 Å². The lowest BCUT2D eigenvalue weighted by Crippen LogP contribution is -2.51. The predicted octanol–water partition coefficient (Wildman–Crippen LogP) is 3.36. The third-order valence-corrected chi connectivity index (χ3v) is 7.92. The van der Waals surface area contributed by atoms with Gasteiger partial charge in [-0.25, -0.2) is 9.78 Å². The van der Waals surface area contributed by atoms with E-state index in [0.717, 1.165) is 34.5 Å². The normalized spacial score (nSPS) is 22.1. The molecule has 9 nitrogen and oxygen atoms in total. The first-order valence-corrected chi connectivity index (χ1v) is 12.7. The number of urea groups is 1. The number of aryl methyl sites for hydroxylation is 2. The van der Waals surface area contributed by atoms with Crippen LogP contribution in [0.2, 0.25) is 0 Å². The highest BCUT2D eigenvalue weighted by Gasteiger charge is 2.52. The number of carbonyl (C=O) groups excluding carboxylic acids is 3. The van der Waals surface area contributed by atoms with Gasteiger partial charge < -0.3 is 5.32 Å². The lowest BCUT2D eigenvalue weighted by atomic mass is 9.77. The van der Waals surface area contributed by atoms with Crippen LogP contribution in [-0.2, 0) is 16.1 Å². The van der Waals surface area contributed by atoms with Crippen LogP contribution in [-0.4, -0.2) is 37.9 Å². The molecule has 2 aliphatic rings. The fourth-order valence-electron chi connectivity index (χ4n) is 4.79. The molecule has 1 saturated carbocycles. The second kappa shape index (κ2) is 8.92. The lowest BCUT2D eigenvalue weighted by Gasteiger charge is -2.33. The van der Waals surface area contributed by atoms with Gasteiger partial charge in [0.2, 0.25) is 5.91 Å². The standard InChI is InChI=1S/C25H27N5O4S/c1-15-3-5-17(6-4-15)18-13-35-21-20(18)22(32)29(14-26-21)12-9-19(31)28-30-23(33)25(27-24(30)34)10-7-16(2)8-11-25/h3-6,13-14,16H,7-12H2,1-2H3,(H,27,34)(H,28,31). The van der Waals surface area contributed by atoms with Crippen molar-refractivity contribution in [2.45, 2.75) is 58.0 Å². The number of nitrogens with one attached hydrogen (secondary N) is 2. The molecule has 0 atom stereocenters. The maximum Gasteiger partial charge on any atom is 0.344 e. The Morgan fingerprint density at radius 2 is 1.91 bits per heavy atom. The molecule has 4 amide bonds. The van der Waals surface area contributed by atoms with Crippen LogP contribution >= 0.6 is 11.3 Å². The van der Waals surface area contributed by atoms with Gasteiger partial charge in [0.1, 0.15) is 10.4 Å². The maximum absolute atomic E-state index is 13.2. The first-order valence-electron chi connectivity index (χ1n) is 11.8. The summed E-state index contributed by atoms with van der Waals surface area (Å²) in [6.45, 7) is 4.20. The number of fused-ring (bicyclic) bond motifs is 1. The Morgan fingerprint density at radius 1 is 1.20 bits per heavy atom. The Bertz CT molecular complexity index is 1370. The van der Waals surface area contributed by atoms with E-state index in [2.05, 4.69) is 22.7 Å². The second-order valence-electron chi connectivity index (χ2n) is 9.56. The van der Waals surface area contributed by atoms with Crippen LogP contribution in [0.5, 0.6) is 0 Å². The van der Waals surface area contributed by atoms with Crippen molar-refractivity contribution in [2.24, 2.45) is 5.92 Å². The summed E-state index contributed by atoms with van der Waals surface area (Å²) in [5.41, 5.74) is 4.14. The summed E-state index contributed by atoms with van der Waals surface area (Å²) < 4.78 is 1.39. The molecule has 1 aliphatic heterocycles. The number of carbonyl (C=O) groups is 3. The minimum Gasteiger partial charge on any atom is -0.322 e. The average Bonchev–Trinajstić information content (AvgIpc) is 3.37. The fourth-order valence-corrected chi connectivity index (χ4v) is 5.70. The van der Waals surface area contributed by atoms with Crippen molar-refractivity contribution in [3.63, 3.8) is 0 Å². The lowest BCUT2D eigenvalue weighted by molar-refractivity contribution is -0.140. The Labute approximate surface area is 206 Å². The van der Waals surface area contributed by atoms with Crippen molar-refractivity contribution in [1.29, 1.82) is 0 Å². The first-order chi connectivity index (χ1) is 16.8. The SMILES string of the molecule is Cc1ccc(-c2csc3ncn(CCC(=O)NN4C(=O)NC5(CCC(C)CC5)C4=O)c(=O)c23)cc1. The highest BCUT2D eigenvalue weighted by atomic mass is 32.1. The number of hydrogen-bond acceptors (Lipinski definition) is 6. The van der Waals surface area contributed by atoms with Gasteiger partial charge in [-0.05, 0) is 44.1 Å². The highest BCUT2D eigenvalue weighted by molar-refractivity contribution is 7.17. The van der Waals surface area contributed by atoms with Crippen molar-refractivity contribution < 1.29 is 14.4 Å². The predicted molar refractivity (Wildman–Crippen MR) is 133 cm³/mol. The molecule has 2 N–H and O–H groups in total. The number of nitrogens with zero attached hydrogens (tertiary/aromatic N) is 3. The smallest absolute Gasteiger partial charge is 0.322 e. The van der Waals surface area contributed by atoms with Crippen molar-refractivity contribution in [3.05, 3.63) is 51.9 Å². The Morgan fingerprint density at radius 3 is 2.63 bits per heavy atom. The summed E-state index contributed by atoms with van der Waals surface area (Å²) >= 11 is 1.40. The zero-order valence-corrected chi connectivity index (χ0v) is 20.5. The van der Waals surface area contributed by atoms with Crippen LogP contribution in [0.4, 0.5) is 4.79 Å². The number of rotatable bonds is 5. The number of aromatic nitrogens is 2. The number of thiophene rings is 1. The Kier molecular flexibility index (Phi) is 5.92. The highest BCUT2D eigenvalue weighted by Crippen LogP contribution is 2.36. The summed E-state index contributed by atoms with van der Waals surface area (Å²) in [4.78, 5) is 56.2. The summed E-state index contributed by atoms with van der Waals surface area (Å²) in [6.07, 6.45) is 4.17. The molecular formula is C25H27N5O4S. The maximum atomic E-state index is 13.2. The van der Waals surface area contributed by atoms with Gasteiger partial charge in [-0.1, -0.05) is 36.8 Å². The summed E-state index contributed by atoms with van der Waals surface area (Å²) in [7, 11) is 0. The van der Waals surface area contributed by atoms with Crippen molar-refractivity contribution in [2.75, 3.05) is 0 Å². The van der Waals surface area contributed by atoms with Gasteiger partial charge in [0, 0.05) is 23.9 Å². The number of imide groups is 1. The first kappa shape index (κ1) is 23.2. The molecule has 2 fully saturated rings. The molecule has 3 aromatic rings. The molecular weight excluding hydrogens is 466 g/mol. The summed E-state index contributed by atoms with van der Waals surface area (Å²) in [5.74, 6) is -0.428. The molecule has 1 aromatic carbocycles. The molecule has 3 heterocycles. The molecule has 1 saturated heterocycles. The van der Waals surface area contributed by atoms with Crippen LogP contribution < -0.4 is 16.3 Å². The van der Waals surface area contributed by atoms with Crippen LogP contribution in [0.15, 0.2) is 40.8 Å². The van der Waals surface area contributed by atoms with Crippen LogP contribution in [0.3, 0.4) is 0 Å². The minimum atomic E-state index is -0.923. The topological polar surface area (TPSA) is 113 Å². The van der Waals surface area contributed by atoms with E-state index in [-0.39, 0.29) is 18.5 Å². The van der Waals surface area contributed by atoms with Crippen molar-refractivity contribution in [3.8, 4) is 11.1 Å². The van der Waals surface area contributed by atoms with E-state index in [4.69, 9.17) is 0 Å². The molecule has 0 unspecified atom stereocenters. The molecule has 1 spiro atoms. The van der Waals surface area contributed by atoms with Gasteiger partial charge in [0.15, 0.2) is 0 Å². The molecule has 10 heteroatoms. The monoisotopic (exact) mass is 493 g/mol. The third-order valence-electron chi connectivity index (χ3n) is 7.03.